The van der Waals surface area contributed by atoms with E-state index in [1.807, 2.05) is 38.1 Å². The normalized spacial score (nSPS) is 11.4. The quantitative estimate of drug-likeness (QED) is 0.639. The standard InChI is InChI=1S/C11H18N2O/c1-11(2,8-14)7-13-10-6-4-3-5-9(10)12/h3-6,13-14H,7-8,12H2,1-2H3. The van der Waals surface area contributed by atoms with Crippen molar-refractivity contribution in [2.75, 3.05) is 24.2 Å². The van der Waals surface area contributed by atoms with Gasteiger partial charge in [-0.2, -0.15) is 0 Å². The molecule has 0 saturated heterocycles. The summed E-state index contributed by atoms with van der Waals surface area (Å²) in [6.45, 7) is 4.86. The molecule has 78 valence electrons. The summed E-state index contributed by atoms with van der Waals surface area (Å²) in [6.07, 6.45) is 0. The number of anilines is 2. The van der Waals surface area contributed by atoms with Crippen LogP contribution in [0.4, 0.5) is 11.4 Å². The predicted octanol–water partition coefficient (Wildman–Crippen LogP) is 1.70. The number of aliphatic hydroxyl groups is 1. The van der Waals surface area contributed by atoms with Crippen molar-refractivity contribution < 1.29 is 5.11 Å². The Morgan fingerprint density at radius 1 is 1.36 bits per heavy atom. The maximum atomic E-state index is 9.07. The molecule has 1 aromatic rings. The highest BCUT2D eigenvalue weighted by Gasteiger charge is 2.15. The molecule has 0 atom stereocenters. The summed E-state index contributed by atoms with van der Waals surface area (Å²) >= 11 is 0. The second-order valence-electron chi connectivity index (χ2n) is 4.26. The van der Waals surface area contributed by atoms with Crippen LogP contribution in [-0.2, 0) is 0 Å². The summed E-state index contributed by atoms with van der Waals surface area (Å²) in [5.74, 6) is 0. The highest BCUT2D eigenvalue weighted by molar-refractivity contribution is 5.65. The van der Waals surface area contributed by atoms with Crippen LogP contribution in [0.5, 0.6) is 0 Å². The van der Waals surface area contributed by atoms with Gasteiger partial charge < -0.3 is 16.2 Å². The number of nitrogens with two attached hydrogens (primary N) is 1. The molecule has 0 saturated carbocycles. The molecular formula is C11H18N2O. The number of nitrogens with one attached hydrogen (secondary N) is 1. The number of hydrogen-bond acceptors (Lipinski definition) is 3. The maximum absolute atomic E-state index is 9.07. The molecule has 3 heteroatoms. The molecule has 0 bridgehead atoms. The number of rotatable bonds is 4. The number of aliphatic hydroxyl groups excluding tert-OH is 1. The Morgan fingerprint density at radius 2 is 2.00 bits per heavy atom. The van der Waals surface area contributed by atoms with Gasteiger partial charge in [-0.25, -0.2) is 0 Å². The fourth-order valence-corrected chi connectivity index (χ4v) is 1.05. The average Bonchev–Trinajstić information content (AvgIpc) is 2.17. The largest absolute Gasteiger partial charge is 0.397 e. The van der Waals surface area contributed by atoms with Crippen molar-refractivity contribution in [3.63, 3.8) is 0 Å². The van der Waals surface area contributed by atoms with Gasteiger partial charge >= 0.3 is 0 Å². The SMILES string of the molecule is CC(C)(CO)CNc1ccccc1N. The predicted molar refractivity (Wildman–Crippen MR) is 60.2 cm³/mol. The van der Waals surface area contributed by atoms with Gasteiger partial charge in [0.05, 0.1) is 11.4 Å². The molecule has 0 fully saturated rings. The fraction of sp³-hybridized carbons (Fsp3) is 0.455. The molecule has 14 heavy (non-hydrogen) atoms. The van der Waals surface area contributed by atoms with Gasteiger partial charge in [-0.3, -0.25) is 0 Å². The van der Waals surface area contributed by atoms with Crippen molar-refractivity contribution >= 4 is 11.4 Å². The van der Waals surface area contributed by atoms with Crippen molar-refractivity contribution in [1.82, 2.24) is 0 Å². The topological polar surface area (TPSA) is 58.3 Å². The van der Waals surface area contributed by atoms with Gasteiger partial charge in [0.1, 0.15) is 0 Å². The van der Waals surface area contributed by atoms with E-state index in [1.165, 1.54) is 0 Å². The maximum Gasteiger partial charge on any atom is 0.0574 e. The highest BCUT2D eigenvalue weighted by Crippen LogP contribution is 2.20. The Balaban J connectivity index is 2.58. The summed E-state index contributed by atoms with van der Waals surface area (Å²) in [4.78, 5) is 0. The fourth-order valence-electron chi connectivity index (χ4n) is 1.05. The summed E-state index contributed by atoms with van der Waals surface area (Å²) in [5.41, 5.74) is 7.31. The monoisotopic (exact) mass is 194 g/mol. The van der Waals surface area contributed by atoms with Crippen LogP contribution in [0, 0.1) is 5.41 Å². The molecule has 4 N–H and O–H groups in total. The summed E-state index contributed by atoms with van der Waals surface area (Å²) in [5, 5.41) is 12.3. The van der Waals surface area contributed by atoms with Crippen LogP contribution in [0.15, 0.2) is 24.3 Å². The van der Waals surface area contributed by atoms with E-state index >= 15 is 0 Å². The van der Waals surface area contributed by atoms with Gasteiger partial charge in [-0.15, -0.1) is 0 Å². The summed E-state index contributed by atoms with van der Waals surface area (Å²) in [7, 11) is 0. The van der Waals surface area contributed by atoms with Crippen LogP contribution in [0.2, 0.25) is 0 Å². The van der Waals surface area contributed by atoms with Crippen LogP contribution in [-0.4, -0.2) is 18.3 Å². The smallest absolute Gasteiger partial charge is 0.0574 e. The van der Waals surface area contributed by atoms with Crippen molar-refractivity contribution in [3.05, 3.63) is 24.3 Å². The van der Waals surface area contributed by atoms with Crippen molar-refractivity contribution in [1.29, 1.82) is 0 Å². The van der Waals surface area contributed by atoms with E-state index in [0.717, 1.165) is 11.4 Å². The number of nitrogen functional groups attached to an aromatic ring is 1. The molecule has 0 aromatic heterocycles. The third-order valence-electron chi connectivity index (χ3n) is 2.15. The van der Waals surface area contributed by atoms with E-state index in [2.05, 4.69) is 5.32 Å². The molecule has 1 aromatic carbocycles. The zero-order chi connectivity index (χ0) is 10.6. The molecule has 0 unspecified atom stereocenters. The molecular weight excluding hydrogens is 176 g/mol. The lowest BCUT2D eigenvalue weighted by molar-refractivity contribution is 0.171. The third-order valence-corrected chi connectivity index (χ3v) is 2.15. The Bertz CT molecular complexity index is 297. The van der Waals surface area contributed by atoms with E-state index in [1.54, 1.807) is 0 Å². The lowest BCUT2D eigenvalue weighted by atomic mass is 9.95. The van der Waals surface area contributed by atoms with Crippen LogP contribution in [0.1, 0.15) is 13.8 Å². The van der Waals surface area contributed by atoms with E-state index < -0.39 is 0 Å². The first-order valence-electron chi connectivity index (χ1n) is 4.74. The number of para-hydroxylation sites is 2. The molecule has 0 aliphatic heterocycles. The van der Waals surface area contributed by atoms with E-state index in [0.29, 0.717) is 6.54 Å². The second-order valence-corrected chi connectivity index (χ2v) is 4.26. The van der Waals surface area contributed by atoms with Gasteiger partial charge in [0.2, 0.25) is 0 Å². The molecule has 0 radical (unpaired) electrons. The molecule has 0 aliphatic rings. The zero-order valence-corrected chi connectivity index (χ0v) is 8.75. The van der Waals surface area contributed by atoms with Crippen molar-refractivity contribution in [2.45, 2.75) is 13.8 Å². The van der Waals surface area contributed by atoms with Crippen LogP contribution in [0.3, 0.4) is 0 Å². The van der Waals surface area contributed by atoms with E-state index in [4.69, 9.17) is 10.8 Å². The van der Waals surface area contributed by atoms with Crippen LogP contribution < -0.4 is 11.1 Å². The van der Waals surface area contributed by atoms with Gasteiger partial charge in [0.15, 0.2) is 0 Å². The van der Waals surface area contributed by atoms with Crippen LogP contribution >= 0.6 is 0 Å². The first-order chi connectivity index (χ1) is 6.55. The molecule has 0 heterocycles. The van der Waals surface area contributed by atoms with Gasteiger partial charge in [-0.1, -0.05) is 26.0 Å². The number of benzene rings is 1. The summed E-state index contributed by atoms with van der Waals surface area (Å²) in [6, 6.07) is 7.62. The van der Waals surface area contributed by atoms with Crippen LogP contribution in [0.25, 0.3) is 0 Å². The second kappa shape index (κ2) is 4.33. The highest BCUT2D eigenvalue weighted by atomic mass is 16.3. The summed E-state index contributed by atoms with van der Waals surface area (Å²) < 4.78 is 0. The Hall–Kier alpha value is -1.22. The zero-order valence-electron chi connectivity index (χ0n) is 8.75. The molecule has 0 amide bonds. The third kappa shape index (κ3) is 2.92. The van der Waals surface area contributed by atoms with Gasteiger partial charge in [-0.05, 0) is 12.1 Å². The molecule has 0 spiro atoms. The van der Waals surface area contributed by atoms with Gasteiger partial charge in [0.25, 0.3) is 0 Å². The van der Waals surface area contributed by atoms with E-state index in [9.17, 15) is 0 Å². The number of hydrogen-bond donors (Lipinski definition) is 3. The Morgan fingerprint density at radius 3 is 2.57 bits per heavy atom. The molecule has 3 nitrogen and oxygen atoms in total. The molecule has 1 rings (SSSR count). The van der Waals surface area contributed by atoms with Crippen molar-refractivity contribution in [3.8, 4) is 0 Å². The lowest BCUT2D eigenvalue weighted by Crippen LogP contribution is -2.27. The Labute approximate surface area is 84.9 Å². The minimum absolute atomic E-state index is 0.123. The molecule has 0 aliphatic carbocycles. The van der Waals surface area contributed by atoms with Gasteiger partial charge in [0, 0.05) is 18.6 Å². The minimum Gasteiger partial charge on any atom is -0.397 e. The lowest BCUT2D eigenvalue weighted by Gasteiger charge is -2.23. The minimum atomic E-state index is -0.123. The van der Waals surface area contributed by atoms with E-state index in [-0.39, 0.29) is 12.0 Å². The average molecular weight is 194 g/mol. The van der Waals surface area contributed by atoms with Crippen molar-refractivity contribution in [2.24, 2.45) is 5.41 Å². The first kappa shape index (κ1) is 10.9. The Kier molecular flexibility index (Phi) is 3.36. The first-order valence-corrected chi connectivity index (χ1v) is 4.74.